The molecule has 250 valence electrons. The molecule has 1 heteroatoms. The summed E-state index contributed by atoms with van der Waals surface area (Å²) in [7, 11) is 0. The molecule has 0 aromatic rings. The van der Waals surface area contributed by atoms with Gasteiger partial charge in [-0.3, -0.25) is 4.79 Å². The minimum atomic E-state index is 0.489. The Kier molecular flexibility index (Phi) is 27.5. The third kappa shape index (κ3) is 24.8. The number of carbonyl (C=O) groups excluding carboxylic acids is 1. The van der Waals surface area contributed by atoms with E-state index in [0.29, 0.717) is 11.2 Å². The first-order chi connectivity index (χ1) is 21.1. The molecule has 0 aromatic heterocycles. The second kappa shape index (κ2) is 29.6. The molecule has 0 spiro atoms. The van der Waals surface area contributed by atoms with Crippen molar-refractivity contribution in [1.29, 1.82) is 0 Å². The van der Waals surface area contributed by atoms with E-state index in [2.05, 4.69) is 57.2 Å². The maximum absolute atomic E-state index is 12.0. The van der Waals surface area contributed by atoms with Crippen LogP contribution in [-0.2, 0) is 4.79 Å². The maximum atomic E-state index is 12.0. The second-order valence-electron chi connectivity index (χ2n) is 14.3. The number of unbranched alkanes of at least 4 members (excludes halogenated alkanes) is 17. The van der Waals surface area contributed by atoms with Gasteiger partial charge in [0, 0.05) is 12.8 Å². The first kappa shape index (κ1) is 39.9. The van der Waals surface area contributed by atoms with Gasteiger partial charge in [-0.15, -0.1) is 0 Å². The number of Topliss-reactive ketones (excluding diaryl/α,β-unsaturated/α-hetero) is 1. The van der Waals surface area contributed by atoms with Crippen LogP contribution in [0.2, 0.25) is 0 Å². The van der Waals surface area contributed by atoms with E-state index in [-0.39, 0.29) is 0 Å². The molecule has 0 saturated heterocycles. The minimum Gasteiger partial charge on any atom is -0.300 e. The van der Waals surface area contributed by atoms with E-state index in [0.717, 1.165) is 25.2 Å². The quantitative estimate of drug-likeness (QED) is 0.0595. The summed E-state index contributed by atoms with van der Waals surface area (Å²) in [6.45, 7) is 6.98. The van der Waals surface area contributed by atoms with Crippen LogP contribution < -0.4 is 0 Å². The van der Waals surface area contributed by atoms with Crippen molar-refractivity contribution in [1.82, 2.24) is 0 Å². The van der Waals surface area contributed by atoms with E-state index in [4.69, 9.17) is 0 Å². The molecule has 0 aromatic carbocycles. The standard InChI is InChI=1S/C42H76O/c1-4-6-8-10-12-13-14-15-16-17-18-19-20-22-26-30-36-42(38-34-41(43)35-39-42)37-31-27-23-21-25-29-33-40(3)32-28-24-11-9-7-5-2/h12-13,15-16,24,28,40H,4-11,14,17-23,25-27,29-39H2,1-3H3/b13-12-,16-15-,28-24-. The second-order valence-corrected chi connectivity index (χ2v) is 14.3. The van der Waals surface area contributed by atoms with Crippen molar-refractivity contribution in [3.63, 3.8) is 0 Å². The third-order valence-electron chi connectivity index (χ3n) is 10.1. The Morgan fingerprint density at radius 3 is 1.53 bits per heavy atom. The summed E-state index contributed by atoms with van der Waals surface area (Å²) in [4.78, 5) is 12.0. The monoisotopic (exact) mass is 597 g/mol. The Labute approximate surface area is 271 Å². The van der Waals surface area contributed by atoms with Gasteiger partial charge in [0.25, 0.3) is 0 Å². The molecule has 1 nitrogen and oxygen atoms in total. The maximum Gasteiger partial charge on any atom is 0.132 e. The van der Waals surface area contributed by atoms with E-state index in [1.54, 1.807) is 0 Å². The number of rotatable bonds is 30. The molecule has 1 fully saturated rings. The van der Waals surface area contributed by atoms with Crippen molar-refractivity contribution < 1.29 is 4.79 Å². The van der Waals surface area contributed by atoms with Gasteiger partial charge in [-0.2, -0.15) is 0 Å². The Morgan fingerprint density at radius 2 is 1.00 bits per heavy atom. The van der Waals surface area contributed by atoms with Crippen LogP contribution in [-0.4, -0.2) is 5.78 Å². The van der Waals surface area contributed by atoms with E-state index < -0.39 is 0 Å². The number of carbonyl (C=O) groups is 1. The summed E-state index contributed by atoms with van der Waals surface area (Å²) in [6, 6.07) is 0. The zero-order valence-corrected chi connectivity index (χ0v) is 29.7. The normalized spacial score (nSPS) is 16.3. The van der Waals surface area contributed by atoms with Crippen molar-refractivity contribution in [3.05, 3.63) is 36.5 Å². The highest BCUT2D eigenvalue weighted by molar-refractivity contribution is 5.79. The number of hydrogen-bond acceptors (Lipinski definition) is 1. The molecule has 1 saturated carbocycles. The van der Waals surface area contributed by atoms with Gasteiger partial charge in [0.05, 0.1) is 0 Å². The number of hydrogen-bond donors (Lipinski definition) is 0. The average Bonchev–Trinajstić information content (AvgIpc) is 3.01. The van der Waals surface area contributed by atoms with Gasteiger partial charge in [0.15, 0.2) is 0 Å². The molecule has 0 N–H and O–H groups in total. The zero-order chi connectivity index (χ0) is 31.1. The lowest BCUT2D eigenvalue weighted by Gasteiger charge is -2.37. The van der Waals surface area contributed by atoms with E-state index in [9.17, 15) is 4.79 Å². The van der Waals surface area contributed by atoms with Crippen molar-refractivity contribution in [3.8, 4) is 0 Å². The Morgan fingerprint density at radius 1 is 0.558 bits per heavy atom. The van der Waals surface area contributed by atoms with E-state index in [1.165, 1.54) is 173 Å². The fraction of sp³-hybridized carbons (Fsp3) is 0.833. The number of ketones is 1. The van der Waals surface area contributed by atoms with Crippen LogP contribution in [0.15, 0.2) is 36.5 Å². The molecule has 0 aliphatic heterocycles. The predicted octanol–water partition coefficient (Wildman–Crippen LogP) is 14.6. The molecule has 0 radical (unpaired) electrons. The molecular formula is C42H76O. The van der Waals surface area contributed by atoms with Crippen LogP contribution in [0.25, 0.3) is 0 Å². The van der Waals surface area contributed by atoms with Gasteiger partial charge in [0.1, 0.15) is 5.78 Å². The summed E-state index contributed by atoms with van der Waals surface area (Å²) in [5, 5.41) is 0. The Hall–Kier alpha value is -1.11. The molecule has 1 aliphatic carbocycles. The highest BCUT2D eigenvalue weighted by atomic mass is 16.1. The van der Waals surface area contributed by atoms with Gasteiger partial charge in [-0.1, -0.05) is 160 Å². The van der Waals surface area contributed by atoms with Gasteiger partial charge >= 0.3 is 0 Å². The van der Waals surface area contributed by atoms with Crippen LogP contribution >= 0.6 is 0 Å². The summed E-state index contributed by atoms with van der Waals surface area (Å²) < 4.78 is 0. The first-order valence-corrected chi connectivity index (χ1v) is 19.6. The van der Waals surface area contributed by atoms with Gasteiger partial charge in [-0.25, -0.2) is 0 Å². The van der Waals surface area contributed by atoms with Gasteiger partial charge < -0.3 is 0 Å². The fourth-order valence-electron chi connectivity index (χ4n) is 6.95. The molecule has 0 amide bonds. The highest BCUT2D eigenvalue weighted by Crippen LogP contribution is 2.44. The first-order valence-electron chi connectivity index (χ1n) is 19.6. The van der Waals surface area contributed by atoms with Crippen molar-refractivity contribution in [2.75, 3.05) is 0 Å². The van der Waals surface area contributed by atoms with Crippen molar-refractivity contribution in [2.24, 2.45) is 11.3 Å². The third-order valence-corrected chi connectivity index (χ3v) is 10.1. The SMILES string of the molecule is CCCCC/C=C\C/C=C\CCCCCCCCC1(CCCCCCCCC(C)C/C=C\CCCCC)CCC(=O)CC1. The van der Waals surface area contributed by atoms with Crippen LogP contribution in [0.5, 0.6) is 0 Å². The average molecular weight is 597 g/mol. The summed E-state index contributed by atoms with van der Waals surface area (Å²) in [5.41, 5.74) is 0.489. The molecule has 0 bridgehead atoms. The Bertz CT molecular complexity index is 688. The molecular weight excluding hydrogens is 520 g/mol. The molecule has 1 rings (SSSR count). The lowest BCUT2D eigenvalue weighted by molar-refractivity contribution is -0.122. The summed E-state index contributed by atoms with van der Waals surface area (Å²) in [6.07, 6.45) is 53.4. The number of allylic oxidation sites excluding steroid dienone is 6. The molecule has 1 unspecified atom stereocenters. The van der Waals surface area contributed by atoms with Crippen LogP contribution in [0, 0.1) is 11.3 Å². The molecule has 0 heterocycles. The fourth-order valence-corrected chi connectivity index (χ4v) is 6.95. The minimum absolute atomic E-state index is 0.489. The zero-order valence-electron chi connectivity index (χ0n) is 29.7. The molecule has 1 atom stereocenters. The summed E-state index contributed by atoms with van der Waals surface area (Å²) in [5.74, 6) is 1.37. The van der Waals surface area contributed by atoms with Gasteiger partial charge in [0.2, 0.25) is 0 Å². The van der Waals surface area contributed by atoms with Gasteiger partial charge in [-0.05, 0) is 88.4 Å². The Balaban J connectivity index is 2.06. The van der Waals surface area contributed by atoms with Crippen molar-refractivity contribution in [2.45, 2.75) is 213 Å². The lowest BCUT2D eigenvalue weighted by Crippen LogP contribution is -2.27. The van der Waals surface area contributed by atoms with E-state index >= 15 is 0 Å². The van der Waals surface area contributed by atoms with Crippen molar-refractivity contribution >= 4 is 5.78 Å². The smallest absolute Gasteiger partial charge is 0.132 e. The largest absolute Gasteiger partial charge is 0.300 e. The topological polar surface area (TPSA) is 17.1 Å². The predicted molar refractivity (Wildman–Crippen MR) is 194 cm³/mol. The summed E-state index contributed by atoms with van der Waals surface area (Å²) >= 11 is 0. The molecule has 43 heavy (non-hydrogen) atoms. The van der Waals surface area contributed by atoms with Crippen LogP contribution in [0.1, 0.15) is 213 Å². The van der Waals surface area contributed by atoms with E-state index in [1.807, 2.05) is 0 Å². The highest BCUT2D eigenvalue weighted by Gasteiger charge is 2.33. The lowest BCUT2D eigenvalue weighted by atomic mass is 9.67. The van der Waals surface area contributed by atoms with Crippen LogP contribution in [0.3, 0.4) is 0 Å². The molecule has 1 aliphatic rings. The van der Waals surface area contributed by atoms with Crippen LogP contribution in [0.4, 0.5) is 0 Å².